The van der Waals surface area contributed by atoms with Crippen molar-refractivity contribution >= 4 is 11.9 Å². The van der Waals surface area contributed by atoms with Gasteiger partial charge in [0.1, 0.15) is 0 Å². The molecule has 2 fully saturated rings. The summed E-state index contributed by atoms with van der Waals surface area (Å²) in [5.41, 5.74) is 1.15. The molecule has 1 amide bonds. The summed E-state index contributed by atoms with van der Waals surface area (Å²) < 4.78 is 0. The SMILES string of the molecule is O=C(O)[C@H]1CN(C(=O)CCc2ccccc2)C[C@@H]1C1CC1. The second-order valence-electron chi connectivity index (χ2n) is 6.23. The summed E-state index contributed by atoms with van der Waals surface area (Å²) in [6, 6.07) is 9.94. The summed E-state index contributed by atoms with van der Waals surface area (Å²) in [5, 5.41) is 9.33. The van der Waals surface area contributed by atoms with Crippen LogP contribution in [0.5, 0.6) is 0 Å². The lowest BCUT2D eigenvalue weighted by Gasteiger charge is -2.16. The van der Waals surface area contributed by atoms with Crippen molar-refractivity contribution in [1.29, 1.82) is 0 Å². The van der Waals surface area contributed by atoms with Crippen LogP contribution in [0.1, 0.15) is 24.8 Å². The zero-order valence-corrected chi connectivity index (χ0v) is 12.1. The second kappa shape index (κ2) is 5.88. The summed E-state index contributed by atoms with van der Waals surface area (Å²) in [7, 11) is 0. The molecule has 2 atom stereocenters. The number of hydrogen-bond acceptors (Lipinski definition) is 2. The zero-order valence-electron chi connectivity index (χ0n) is 12.1. The van der Waals surface area contributed by atoms with Crippen LogP contribution in [0.3, 0.4) is 0 Å². The van der Waals surface area contributed by atoms with Crippen LogP contribution in [0, 0.1) is 17.8 Å². The minimum Gasteiger partial charge on any atom is -0.481 e. The van der Waals surface area contributed by atoms with Crippen molar-refractivity contribution in [2.75, 3.05) is 13.1 Å². The van der Waals surface area contributed by atoms with Gasteiger partial charge in [0.15, 0.2) is 0 Å². The Morgan fingerprint density at radius 1 is 1.14 bits per heavy atom. The number of hydrogen-bond donors (Lipinski definition) is 1. The monoisotopic (exact) mass is 287 g/mol. The second-order valence-corrected chi connectivity index (χ2v) is 6.23. The van der Waals surface area contributed by atoms with E-state index >= 15 is 0 Å². The Morgan fingerprint density at radius 3 is 2.48 bits per heavy atom. The number of carbonyl (C=O) groups is 2. The van der Waals surface area contributed by atoms with Crippen LogP contribution < -0.4 is 0 Å². The number of amides is 1. The van der Waals surface area contributed by atoms with Gasteiger partial charge in [0.2, 0.25) is 5.91 Å². The van der Waals surface area contributed by atoms with E-state index in [-0.39, 0.29) is 17.7 Å². The van der Waals surface area contributed by atoms with E-state index in [2.05, 4.69) is 0 Å². The number of benzene rings is 1. The first-order valence-electron chi connectivity index (χ1n) is 7.69. The molecule has 1 saturated carbocycles. The van der Waals surface area contributed by atoms with Gasteiger partial charge < -0.3 is 10.0 Å². The van der Waals surface area contributed by atoms with Crippen LogP contribution in [-0.2, 0) is 16.0 Å². The van der Waals surface area contributed by atoms with Gasteiger partial charge in [-0.1, -0.05) is 30.3 Å². The predicted octanol–water partition coefficient (Wildman–Crippen LogP) is 2.19. The third kappa shape index (κ3) is 3.26. The fraction of sp³-hybridized carbons (Fsp3) is 0.529. The molecule has 0 unspecified atom stereocenters. The quantitative estimate of drug-likeness (QED) is 0.903. The fourth-order valence-corrected chi connectivity index (χ4v) is 3.35. The Bertz CT molecular complexity index is 524. The molecule has 21 heavy (non-hydrogen) atoms. The van der Waals surface area contributed by atoms with Gasteiger partial charge in [0, 0.05) is 19.5 Å². The predicted molar refractivity (Wildman–Crippen MR) is 78.7 cm³/mol. The number of aryl methyl sites for hydroxylation is 1. The van der Waals surface area contributed by atoms with Crippen LogP contribution in [0.25, 0.3) is 0 Å². The molecule has 2 aliphatic rings. The van der Waals surface area contributed by atoms with Crippen molar-refractivity contribution in [3.63, 3.8) is 0 Å². The number of nitrogens with zero attached hydrogens (tertiary/aromatic N) is 1. The first kappa shape index (κ1) is 14.1. The van der Waals surface area contributed by atoms with E-state index in [1.54, 1.807) is 4.90 Å². The molecule has 1 aromatic rings. The largest absolute Gasteiger partial charge is 0.481 e. The first-order valence-corrected chi connectivity index (χ1v) is 7.69. The van der Waals surface area contributed by atoms with Gasteiger partial charge >= 0.3 is 5.97 Å². The van der Waals surface area contributed by atoms with Crippen molar-refractivity contribution in [2.24, 2.45) is 17.8 Å². The maximum absolute atomic E-state index is 12.3. The highest BCUT2D eigenvalue weighted by Crippen LogP contribution is 2.44. The molecular weight excluding hydrogens is 266 g/mol. The van der Waals surface area contributed by atoms with Crippen molar-refractivity contribution < 1.29 is 14.7 Å². The Hall–Kier alpha value is -1.84. The fourth-order valence-electron chi connectivity index (χ4n) is 3.35. The molecular formula is C17H21NO3. The molecule has 0 bridgehead atoms. The summed E-state index contributed by atoms with van der Waals surface area (Å²) in [6.07, 6.45) is 3.44. The molecule has 1 aliphatic heterocycles. The van der Waals surface area contributed by atoms with Gasteiger partial charge in [-0.3, -0.25) is 9.59 Å². The van der Waals surface area contributed by atoms with Crippen LogP contribution >= 0.6 is 0 Å². The zero-order chi connectivity index (χ0) is 14.8. The number of carboxylic acid groups (broad SMARTS) is 1. The highest BCUT2D eigenvalue weighted by Gasteiger charge is 2.46. The van der Waals surface area contributed by atoms with Crippen molar-refractivity contribution in [3.05, 3.63) is 35.9 Å². The maximum Gasteiger partial charge on any atom is 0.308 e. The average Bonchev–Trinajstić information content (AvgIpc) is 3.24. The minimum absolute atomic E-state index is 0.0910. The number of likely N-dealkylation sites (tertiary alicyclic amines) is 1. The molecule has 1 heterocycles. The van der Waals surface area contributed by atoms with Gasteiger partial charge in [0.25, 0.3) is 0 Å². The van der Waals surface area contributed by atoms with Crippen molar-refractivity contribution in [2.45, 2.75) is 25.7 Å². The molecule has 1 saturated heterocycles. The van der Waals surface area contributed by atoms with Crippen LogP contribution in [0.15, 0.2) is 30.3 Å². The Labute approximate surface area is 124 Å². The summed E-state index contributed by atoms with van der Waals surface area (Å²) in [4.78, 5) is 25.4. The molecule has 0 radical (unpaired) electrons. The van der Waals surface area contributed by atoms with E-state index < -0.39 is 5.97 Å². The lowest BCUT2D eigenvalue weighted by molar-refractivity contribution is -0.142. The molecule has 4 nitrogen and oxygen atoms in total. The first-order chi connectivity index (χ1) is 10.1. The standard InChI is InChI=1S/C17H21NO3/c19-16(9-6-12-4-2-1-3-5-12)18-10-14(13-7-8-13)15(11-18)17(20)21/h1-5,13-15H,6-11H2,(H,20,21)/t14-,15+/m1/s1. The molecule has 4 heteroatoms. The molecule has 0 spiro atoms. The van der Waals surface area contributed by atoms with Crippen molar-refractivity contribution in [3.8, 4) is 0 Å². The lowest BCUT2D eigenvalue weighted by Crippen LogP contribution is -2.30. The van der Waals surface area contributed by atoms with Gasteiger partial charge in [-0.15, -0.1) is 0 Å². The van der Waals surface area contributed by atoms with E-state index in [9.17, 15) is 14.7 Å². The highest BCUT2D eigenvalue weighted by molar-refractivity contribution is 5.79. The smallest absolute Gasteiger partial charge is 0.308 e. The third-order valence-corrected chi connectivity index (χ3v) is 4.73. The van der Waals surface area contributed by atoms with E-state index in [1.165, 1.54) is 0 Å². The van der Waals surface area contributed by atoms with Gasteiger partial charge in [0.05, 0.1) is 5.92 Å². The van der Waals surface area contributed by atoms with E-state index in [1.807, 2.05) is 30.3 Å². The topological polar surface area (TPSA) is 57.6 Å². The molecule has 1 aromatic carbocycles. The van der Waals surface area contributed by atoms with E-state index in [0.717, 1.165) is 24.8 Å². The number of carbonyl (C=O) groups excluding carboxylic acids is 1. The Morgan fingerprint density at radius 2 is 1.86 bits per heavy atom. The summed E-state index contributed by atoms with van der Waals surface area (Å²) >= 11 is 0. The van der Waals surface area contributed by atoms with Crippen LogP contribution in [0.4, 0.5) is 0 Å². The lowest BCUT2D eigenvalue weighted by atomic mass is 9.92. The van der Waals surface area contributed by atoms with Crippen LogP contribution in [-0.4, -0.2) is 35.0 Å². The Kier molecular flexibility index (Phi) is 3.95. The number of carboxylic acids is 1. The molecule has 0 aromatic heterocycles. The van der Waals surface area contributed by atoms with E-state index in [4.69, 9.17) is 0 Å². The van der Waals surface area contributed by atoms with E-state index in [0.29, 0.717) is 25.4 Å². The number of aliphatic carboxylic acids is 1. The van der Waals surface area contributed by atoms with Gasteiger partial charge in [-0.2, -0.15) is 0 Å². The molecule has 1 aliphatic carbocycles. The molecule has 112 valence electrons. The minimum atomic E-state index is -0.745. The van der Waals surface area contributed by atoms with Gasteiger partial charge in [-0.05, 0) is 36.7 Å². The van der Waals surface area contributed by atoms with Crippen LogP contribution in [0.2, 0.25) is 0 Å². The average molecular weight is 287 g/mol. The van der Waals surface area contributed by atoms with Gasteiger partial charge in [-0.25, -0.2) is 0 Å². The molecule has 3 rings (SSSR count). The number of rotatable bonds is 5. The molecule has 1 N–H and O–H groups in total. The third-order valence-electron chi connectivity index (χ3n) is 4.73. The summed E-state index contributed by atoms with van der Waals surface area (Å²) in [6.45, 7) is 1.03. The highest BCUT2D eigenvalue weighted by atomic mass is 16.4. The Balaban J connectivity index is 1.56. The van der Waals surface area contributed by atoms with Crippen molar-refractivity contribution in [1.82, 2.24) is 4.90 Å². The normalized spacial score (nSPS) is 25.0. The summed E-state index contributed by atoms with van der Waals surface area (Å²) in [5.74, 6) is -0.321. The maximum atomic E-state index is 12.3.